The molecular weight excluding hydrogens is 598 g/mol. The Hall–Kier alpha value is -4.83. The maximum Gasteiger partial charge on any atom is 0.251 e. The molecule has 4 aromatic rings. The summed E-state index contributed by atoms with van der Waals surface area (Å²) in [6, 6.07) is 24.9. The minimum absolute atomic E-state index is 0.0653. The number of anilines is 3. The van der Waals surface area contributed by atoms with Crippen LogP contribution in [0.3, 0.4) is 0 Å². The third kappa shape index (κ3) is 6.17. The number of carbonyl (C=O) groups is 1. The Kier molecular flexibility index (Phi) is 8.12. The van der Waals surface area contributed by atoms with E-state index in [2.05, 4.69) is 52.9 Å². The number of benzene rings is 3. The fraction of sp³-hybridized carbons (Fsp3) is 0.306. The number of piperidine rings is 1. The molecule has 1 saturated heterocycles. The van der Waals surface area contributed by atoms with Gasteiger partial charge in [-0.2, -0.15) is 0 Å². The molecule has 0 spiro atoms. The molecule has 1 aromatic heterocycles. The predicted molar refractivity (Wildman–Crippen MR) is 185 cm³/mol. The van der Waals surface area contributed by atoms with Gasteiger partial charge in [0.05, 0.1) is 17.9 Å². The van der Waals surface area contributed by atoms with Crippen molar-refractivity contribution in [3.8, 4) is 11.5 Å². The first kappa shape index (κ1) is 29.9. The summed E-state index contributed by atoms with van der Waals surface area (Å²) in [7, 11) is 0. The first-order chi connectivity index (χ1) is 22.3. The summed E-state index contributed by atoms with van der Waals surface area (Å²) in [6.45, 7) is 7.07. The molecule has 0 saturated carbocycles. The van der Waals surface area contributed by atoms with E-state index in [1.54, 1.807) is 6.07 Å². The molecule has 1 fully saturated rings. The highest BCUT2D eigenvalue weighted by Crippen LogP contribution is 2.39. The summed E-state index contributed by atoms with van der Waals surface area (Å²) in [6.07, 6.45) is 0.751. The number of aryl methyl sites for hydroxylation is 2. The van der Waals surface area contributed by atoms with Crippen LogP contribution in [0.25, 0.3) is 0 Å². The molecule has 236 valence electrons. The number of hydrogen-bond donors (Lipinski definition) is 3. The minimum Gasteiger partial charge on any atom is -0.486 e. The van der Waals surface area contributed by atoms with Gasteiger partial charge in [-0.25, -0.2) is 0 Å². The zero-order valence-electron chi connectivity index (χ0n) is 25.9. The van der Waals surface area contributed by atoms with Gasteiger partial charge in [-0.1, -0.05) is 24.3 Å². The van der Waals surface area contributed by atoms with E-state index in [0.29, 0.717) is 47.8 Å². The van der Waals surface area contributed by atoms with Crippen molar-refractivity contribution >= 4 is 40.3 Å². The van der Waals surface area contributed by atoms with Crippen LogP contribution in [0, 0.1) is 19.8 Å². The largest absolute Gasteiger partial charge is 0.486 e. The topological polar surface area (TPSA) is 96.9 Å². The molecule has 0 aliphatic carbocycles. The first-order valence-electron chi connectivity index (χ1n) is 15.7. The van der Waals surface area contributed by atoms with Crippen LogP contribution in [0.2, 0.25) is 0 Å². The third-order valence-electron chi connectivity index (χ3n) is 9.15. The van der Waals surface area contributed by atoms with E-state index in [1.165, 1.54) is 11.1 Å². The lowest BCUT2D eigenvalue weighted by molar-refractivity contribution is 0.0789. The van der Waals surface area contributed by atoms with Crippen molar-refractivity contribution in [3.05, 3.63) is 112 Å². The van der Waals surface area contributed by atoms with E-state index in [-0.39, 0.29) is 23.5 Å². The second kappa shape index (κ2) is 12.5. The molecule has 10 heteroatoms. The predicted octanol–water partition coefficient (Wildman–Crippen LogP) is 5.47. The zero-order chi connectivity index (χ0) is 31.8. The highest BCUT2D eigenvalue weighted by atomic mass is 32.1. The van der Waals surface area contributed by atoms with E-state index in [1.807, 2.05) is 59.2 Å². The lowest BCUT2D eigenvalue weighted by atomic mass is 9.83. The Morgan fingerprint density at radius 2 is 1.76 bits per heavy atom. The number of amides is 1. The van der Waals surface area contributed by atoms with Crippen molar-refractivity contribution in [2.75, 3.05) is 41.8 Å². The lowest BCUT2D eigenvalue weighted by Crippen LogP contribution is -2.47. The molecule has 3 aliphatic rings. The second-order valence-electron chi connectivity index (χ2n) is 12.4. The molecular formula is C36H37N5O4S. The van der Waals surface area contributed by atoms with Crippen molar-refractivity contribution in [1.29, 1.82) is 0 Å². The molecule has 9 nitrogen and oxygen atoms in total. The average Bonchev–Trinajstić information content (AvgIpc) is 3.05. The quantitative estimate of drug-likeness (QED) is 0.240. The molecule has 3 aromatic carbocycles. The van der Waals surface area contributed by atoms with Gasteiger partial charge in [0, 0.05) is 48.6 Å². The molecule has 46 heavy (non-hydrogen) atoms. The normalized spacial score (nSPS) is 19.5. The smallest absolute Gasteiger partial charge is 0.251 e. The molecule has 4 heterocycles. The van der Waals surface area contributed by atoms with Crippen LogP contribution in [-0.2, 0) is 6.54 Å². The Labute approximate surface area is 273 Å². The van der Waals surface area contributed by atoms with Crippen molar-refractivity contribution in [3.63, 3.8) is 0 Å². The van der Waals surface area contributed by atoms with Gasteiger partial charge in [0.1, 0.15) is 12.7 Å². The summed E-state index contributed by atoms with van der Waals surface area (Å²) >= 11 is 5.77. The number of fused-ring (bicyclic) bond motifs is 5. The zero-order valence-corrected chi connectivity index (χ0v) is 26.7. The number of ether oxygens (including phenoxy) is 2. The number of pyridine rings is 1. The number of carbonyl (C=O) groups excluding carboxylic acids is 1. The van der Waals surface area contributed by atoms with Crippen LogP contribution in [0.15, 0.2) is 83.7 Å². The fourth-order valence-corrected chi connectivity index (χ4v) is 6.95. The number of rotatable bonds is 6. The van der Waals surface area contributed by atoms with Gasteiger partial charge in [-0.05, 0) is 98.1 Å². The molecule has 0 unspecified atom stereocenters. The van der Waals surface area contributed by atoms with E-state index in [0.717, 1.165) is 42.3 Å². The summed E-state index contributed by atoms with van der Waals surface area (Å²) in [4.78, 5) is 28.4. The number of hydrogen-bond acceptors (Lipinski definition) is 6. The van der Waals surface area contributed by atoms with Gasteiger partial charge in [0.2, 0.25) is 0 Å². The Morgan fingerprint density at radius 3 is 2.61 bits per heavy atom. The van der Waals surface area contributed by atoms with Crippen LogP contribution < -0.4 is 35.9 Å². The molecule has 7 rings (SSSR count). The highest BCUT2D eigenvalue weighted by molar-refractivity contribution is 7.80. The van der Waals surface area contributed by atoms with Gasteiger partial charge in [-0.15, -0.1) is 0 Å². The van der Waals surface area contributed by atoms with Crippen LogP contribution >= 0.6 is 12.2 Å². The Bertz CT molecular complexity index is 1870. The van der Waals surface area contributed by atoms with Crippen LogP contribution in [0.5, 0.6) is 11.5 Å². The molecule has 2 bridgehead atoms. The monoisotopic (exact) mass is 635 g/mol. The van der Waals surface area contributed by atoms with Crippen molar-refractivity contribution in [1.82, 2.24) is 9.88 Å². The fourth-order valence-electron chi connectivity index (χ4n) is 6.72. The molecule has 3 atom stereocenters. The van der Waals surface area contributed by atoms with E-state index in [9.17, 15) is 9.59 Å². The molecule has 3 N–H and O–H groups in total. The van der Waals surface area contributed by atoms with Gasteiger partial charge >= 0.3 is 0 Å². The van der Waals surface area contributed by atoms with Crippen molar-refractivity contribution in [2.45, 2.75) is 38.8 Å². The van der Waals surface area contributed by atoms with Crippen LogP contribution in [0.1, 0.15) is 39.5 Å². The maximum atomic E-state index is 13.4. The van der Waals surface area contributed by atoms with E-state index < -0.39 is 0 Å². The molecule has 0 radical (unpaired) electrons. The van der Waals surface area contributed by atoms with Gasteiger partial charge < -0.3 is 34.9 Å². The molecule has 3 aliphatic heterocycles. The number of aromatic nitrogens is 1. The summed E-state index contributed by atoms with van der Waals surface area (Å²) in [5.74, 6) is 1.74. The average molecular weight is 636 g/mol. The first-order valence-corrected chi connectivity index (χ1v) is 16.1. The van der Waals surface area contributed by atoms with Gasteiger partial charge in [0.15, 0.2) is 16.6 Å². The van der Waals surface area contributed by atoms with Crippen LogP contribution in [0.4, 0.5) is 17.1 Å². The SMILES string of the molecule is Cc1ccc(NC(=S)Nc2cc(C(=O)NC[C@@H]3COc4ccccc4O3)ccc2N2C[C@H]3C[C@@H](C2)c2cccc(=O)n2C3)cc1C. The Balaban J connectivity index is 1.12. The number of thiocarbonyl (C=S) groups is 1. The maximum absolute atomic E-state index is 13.4. The standard InChI is InChI=1S/C36H37N5O4S/c1-22-10-12-27(14-23(22)2)38-36(46)39-29-16-25(35(43)37-17-28-21-44-32-7-3-4-8-33(32)45-28)11-13-31(29)40-18-24-15-26(20-40)30-6-5-9-34(42)41(30)19-24/h3-14,16,24,26,28H,15,17-21H2,1-2H3,(H,37,43)(H2,38,39,46)/t24-,26+,28-/m1/s1. The summed E-state index contributed by atoms with van der Waals surface area (Å²) in [5.41, 5.74) is 6.63. The minimum atomic E-state index is -0.298. The van der Waals surface area contributed by atoms with Gasteiger partial charge in [0.25, 0.3) is 11.5 Å². The van der Waals surface area contributed by atoms with Crippen molar-refractivity contribution < 1.29 is 14.3 Å². The second-order valence-corrected chi connectivity index (χ2v) is 12.8. The number of nitrogens with zero attached hydrogens (tertiary/aromatic N) is 2. The Morgan fingerprint density at radius 1 is 0.913 bits per heavy atom. The number of para-hydroxylation sites is 2. The highest BCUT2D eigenvalue weighted by Gasteiger charge is 2.35. The molecule has 1 amide bonds. The van der Waals surface area contributed by atoms with Crippen LogP contribution in [-0.4, -0.2) is 47.9 Å². The third-order valence-corrected chi connectivity index (χ3v) is 9.35. The lowest BCUT2D eigenvalue weighted by Gasteiger charge is -2.44. The van der Waals surface area contributed by atoms with E-state index >= 15 is 0 Å². The van der Waals surface area contributed by atoms with Crippen molar-refractivity contribution in [2.24, 2.45) is 5.92 Å². The summed E-state index contributed by atoms with van der Waals surface area (Å²) in [5, 5.41) is 10.1. The number of nitrogens with one attached hydrogen (secondary N) is 3. The summed E-state index contributed by atoms with van der Waals surface area (Å²) < 4.78 is 13.8. The van der Waals surface area contributed by atoms with Gasteiger partial charge in [-0.3, -0.25) is 9.59 Å². The van der Waals surface area contributed by atoms with E-state index in [4.69, 9.17) is 21.7 Å².